The largest absolute Gasteiger partial charge is 0.497 e. The second-order valence-electron chi connectivity index (χ2n) is 34.5. The average Bonchev–Trinajstić information content (AvgIpc) is 1.57. The Bertz CT molecular complexity index is 8060. The summed E-state index contributed by atoms with van der Waals surface area (Å²) in [5, 5.41) is 27.7. The number of fused-ring (bicyclic) bond motifs is 15. The van der Waals surface area contributed by atoms with Crippen LogP contribution in [-0.4, -0.2) is 233 Å². The standard InChI is InChI=1S/C24H24N4O2.C23H24N4O2.C23H21N3O3.C22H22N4O2.C21H19N3O3.5ClH/c1-27-11-13-28(14-12-27)24(29)21-15-19-18-5-3-4-6-20(18)25-23(19)22(26-21)16-7-9-17(30-2)10-8-16;1-29-16-10-8-15(9-11-16)21-22-18(17-6-2-3-7-19(17)26-22)14-20(27-21)23(28)25-13-5-4-12-24;1-28-16-8-6-15(7-9-16)21-22-18(17-4-2-3-5-19(17)24-22)14-20(25-21)23(27)26-10-12-29-13-11-26;1-26-19-6-4-3-5-16(19)17-13-18(22(27)24-12-11-23)25-20(21(17)26)14-7-9-15(28-2)10-8-14;1-27-14-8-6-13(7-9-14)19-20-16(15-4-2-3-5-17(15)23-20)12-18(24-19)21(26)22-10-11-25;;;;;/h3-10,15,25H,11-14H2,1-2H3;2-3,6-11,14,26H,4-5,12-13,24H2,1H3,(H,25,28);2-9,14,24H,10-13H2,1H3;3-10,13H,11-12,23H2,1-2H3,(H,24,27);2-9,12,23,25H,10-11H2,1H3,(H,22,26);5*1H. The van der Waals surface area contributed by atoms with Gasteiger partial charge in [-0.15, -0.1) is 62.0 Å². The molecule has 148 heavy (non-hydrogen) atoms. The van der Waals surface area contributed by atoms with Crippen molar-refractivity contribution in [2.24, 2.45) is 18.5 Å². The summed E-state index contributed by atoms with van der Waals surface area (Å²) in [6.07, 6.45) is 1.73. The van der Waals surface area contributed by atoms with Crippen molar-refractivity contribution < 1.29 is 57.5 Å². The molecule has 5 amide bonds. The summed E-state index contributed by atoms with van der Waals surface area (Å²) in [6.45, 7) is 7.57. The Labute approximate surface area is 884 Å². The number of aryl methyl sites for hydroxylation is 1. The Kier molecular flexibility index (Phi) is 37.5. The Balaban J connectivity index is 0.000000153. The van der Waals surface area contributed by atoms with Gasteiger partial charge in [0, 0.05) is 182 Å². The number of aliphatic hydroxyl groups is 1. The van der Waals surface area contributed by atoms with Crippen molar-refractivity contribution in [3.05, 3.63) is 301 Å². The van der Waals surface area contributed by atoms with Crippen LogP contribution in [0.2, 0.25) is 0 Å². The number of amides is 5. The lowest BCUT2D eigenvalue weighted by molar-refractivity contribution is 0.0299. The van der Waals surface area contributed by atoms with Crippen LogP contribution in [0.25, 0.3) is 165 Å². The number of aromatic nitrogens is 10. The first kappa shape index (κ1) is 110. The summed E-state index contributed by atoms with van der Waals surface area (Å²) < 4.78 is 33.9. The molecule has 22 rings (SSSR count). The number of nitrogens with one attached hydrogen (secondary N) is 7. The Morgan fingerprint density at radius 3 is 0.959 bits per heavy atom. The fraction of sp³-hybridized carbons (Fsp3) is 0.204. The summed E-state index contributed by atoms with van der Waals surface area (Å²) in [4.78, 5) is 108. The summed E-state index contributed by atoms with van der Waals surface area (Å²) >= 11 is 0. The van der Waals surface area contributed by atoms with Crippen molar-refractivity contribution >= 4 is 201 Å². The lowest BCUT2D eigenvalue weighted by Gasteiger charge is -2.32. The van der Waals surface area contributed by atoms with E-state index in [1.165, 1.54) is 0 Å². The quantitative estimate of drug-likeness (QED) is 0.0266. The van der Waals surface area contributed by atoms with Crippen LogP contribution in [0.4, 0.5) is 0 Å². The minimum atomic E-state index is -0.314. The van der Waals surface area contributed by atoms with E-state index in [1.54, 1.807) is 41.6 Å². The fourth-order valence-electron chi connectivity index (χ4n) is 18.1. The van der Waals surface area contributed by atoms with Gasteiger partial charge in [-0.3, -0.25) is 24.0 Å². The van der Waals surface area contributed by atoms with Gasteiger partial charge in [0.2, 0.25) is 0 Å². The number of carbonyl (C=O) groups excluding carboxylic acids is 5. The van der Waals surface area contributed by atoms with Crippen LogP contribution in [-0.2, 0) is 11.8 Å². The number of unbranched alkanes of at least 4 members (excludes halogenated alkanes) is 1. The average molecular weight is 2090 g/mol. The number of methoxy groups -OCH3 is 5. The molecule has 10 aromatic carbocycles. The van der Waals surface area contributed by atoms with Gasteiger partial charge in [-0.05, 0) is 208 Å². The SMILES string of the molecule is COc1ccc(-c2nc(C(=O)N3CCN(C)CC3)cc3c2[nH]c2ccccc23)cc1.COc1ccc(-c2nc(C(=O)N3CCOCC3)cc3c2[nH]c2ccccc23)cc1.COc1ccc(-c2nc(C(=O)NCCCCN)cc3c2[nH]c2ccccc23)cc1.COc1ccc(-c2nc(C(=O)NCCN)cc3c4ccccc4n(C)c23)cc1.COc1ccc(-c2nc(C(=O)NCCO)cc3c2[nH]c2ccccc23)cc1.Cl.Cl.Cl.Cl.Cl. The topological polar surface area (TPSA) is 391 Å². The number of morpholine rings is 1. The van der Waals surface area contributed by atoms with Crippen LogP contribution < -0.4 is 51.1 Å². The van der Waals surface area contributed by atoms with E-state index in [0.29, 0.717) is 86.6 Å². The van der Waals surface area contributed by atoms with E-state index < -0.39 is 0 Å². The van der Waals surface area contributed by atoms with Crippen molar-refractivity contribution in [2.45, 2.75) is 12.8 Å². The lowest BCUT2D eigenvalue weighted by Crippen LogP contribution is -2.47. The number of aromatic amines is 4. The van der Waals surface area contributed by atoms with Gasteiger partial charge < -0.3 is 100 Å². The molecular weight excluding hydrogens is 1980 g/mol. The van der Waals surface area contributed by atoms with Crippen molar-refractivity contribution in [3.63, 3.8) is 0 Å². The van der Waals surface area contributed by atoms with Gasteiger partial charge in [0.05, 0.1) is 111 Å². The number of likely N-dealkylation sites (N-methyl/N-ethyl adjacent to an activating group) is 1. The van der Waals surface area contributed by atoms with Crippen LogP contribution in [0.1, 0.15) is 65.3 Å². The molecule has 0 spiro atoms. The molecule has 20 aromatic rings. The third-order valence-corrected chi connectivity index (χ3v) is 25.7. The maximum absolute atomic E-state index is 13.3. The number of halogens is 5. The van der Waals surface area contributed by atoms with Crippen molar-refractivity contribution in [1.29, 1.82) is 0 Å². The molecule has 35 heteroatoms. The molecule has 12 N–H and O–H groups in total. The first-order chi connectivity index (χ1) is 69.9. The number of hydrogen-bond acceptors (Lipinski definition) is 20. The summed E-state index contributed by atoms with van der Waals surface area (Å²) in [5.41, 5.74) is 31.2. The number of para-hydroxylation sites is 5. The van der Waals surface area contributed by atoms with E-state index in [2.05, 4.69) is 93.8 Å². The van der Waals surface area contributed by atoms with Crippen LogP contribution >= 0.6 is 62.0 Å². The third-order valence-electron chi connectivity index (χ3n) is 25.7. The molecular formula is C113H115Cl5N18O12. The minimum Gasteiger partial charge on any atom is -0.497 e. The number of H-pyrrole nitrogens is 4. The molecule has 2 aliphatic heterocycles. The highest BCUT2D eigenvalue weighted by molar-refractivity contribution is 6.19. The van der Waals surface area contributed by atoms with Gasteiger partial charge in [-0.1, -0.05) is 91.0 Å². The molecule has 0 aliphatic carbocycles. The number of rotatable bonds is 23. The molecule has 10 aromatic heterocycles. The Hall–Kier alpha value is -15.5. The highest BCUT2D eigenvalue weighted by Crippen LogP contribution is 2.41. The monoisotopic (exact) mass is 2090 g/mol. The Morgan fingerprint density at radius 2 is 0.622 bits per heavy atom. The zero-order valence-corrected chi connectivity index (χ0v) is 86.5. The maximum atomic E-state index is 13.3. The molecule has 2 saturated heterocycles. The maximum Gasteiger partial charge on any atom is 0.272 e. The molecule has 0 radical (unpaired) electrons. The molecule has 0 bridgehead atoms. The number of nitrogens with zero attached hydrogens (tertiary/aromatic N) is 9. The second kappa shape index (κ2) is 50.6. The van der Waals surface area contributed by atoms with Crippen LogP contribution in [0.3, 0.4) is 0 Å². The molecule has 2 fully saturated rings. The van der Waals surface area contributed by atoms with Crippen LogP contribution in [0, 0.1) is 0 Å². The number of carbonyl (C=O) groups is 5. The number of piperazine rings is 1. The van der Waals surface area contributed by atoms with Crippen molar-refractivity contribution in [3.8, 4) is 85.0 Å². The molecule has 12 heterocycles. The van der Waals surface area contributed by atoms with Gasteiger partial charge in [-0.2, -0.15) is 0 Å². The van der Waals surface area contributed by atoms with Gasteiger partial charge in [-0.25, -0.2) is 24.9 Å². The van der Waals surface area contributed by atoms with E-state index in [9.17, 15) is 24.0 Å². The number of pyridine rings is 5. The normalized spacial score (nSPS) is 12.2. The third kappa shape index (κ3) is 23.8. The molecule has 0 saturated carbocycles. The van der Waals surface area contributed by atoms with E-state index in [4.69, 9.17) is 64.9 Å². The van der Waals surface area contributed by atoms with Gasteiger partial charge in [0.15, 0.2) is 0 Å². The lowest BCUT2D eigenvalue weighted by atomic mass is 10.1. The zero-order valence-electron chi connectivity index (χ0n) is 82.5. The van der Waals surface area contributed by atoms with Gasteiger partial charge in [0.25, 0.3) is 29.5 Å². The van der Waals surface area contributed by atoms with Crippen LogP contribution in [0.15, 0.2) is 273 Å². The number of ether oxygens (including phenoxy) is 6. The van der Waals surface area contributed by atoms with E-state index in [0.717, 1.165) is 227 Å². The van der Waals surface area contributed by atoms with Crippen LogP contribution in [0.5, 0.6) is 28.7 Å². The predicted molar refractivity (Wildman–Crippen MR) is 600 cm³/mol. The first-order valence-electron chi connectivity index (χ1n) is 47.4. The highest BCUT2D eigenvalue weighted by atomic mass is 35.5. The summed E-state index contributed by atoms with van der Waals surface area (Å²) in [7, 11) is 12.3. The van der Waals surface area contributed by atoms with E-state index in [-0.39, 0.29) is 105 Å². The number of benzene rings is 10. The predicted octanol–water partition coefficient (Wildman–Crippen LogP) is 19.8. The smallest absolute Gasteiger partial charge is 0.272 e. The van der Waals surface area contributed by atoms with Crippen molar-refractivity contribution in [2.75, 3.05) is 134 Å². The molecule has 2 aliphatic rings. The van der Waals surface area contributed by atoms with Gasteiger partial charge >= 0.3 is 0 Å². The number of hydrogen-bond donors (Lipinski definition) is 10. The molecule has 764 valence electrons. The molecule has 0 unspecified atom stereocenters. The number of aliphatic hydroxyl groups excluding tert-OH is 1. The minimum absolute atomic E-state index is 0. The van der Waals surface area contributed by atoms with E-state index in [1.807, 2.05) is 247 Å². The summed E-state index contributed by atoms with van der Waals surface area (Å²) in [6, 6.07) is 88.3. The second-order valence-corrected chi connectivity index (χ2v) is 34.5. The Morgan fingerprint density at radius 1 is 0.331 bits per heavy atom. The fourth-order valence-corrected chi connectivity index (χ4v) is 18.1. The van der Waals surface area contributed by atoms with Crippen molar-refractivity contribution in [1.82, 2.24) is 80.1 Å². The molecule has 0 atom stereocenters. The number of nitrogens with two attached hydrogens (primary N) is 2. The van der Waals surface area contributed by atoms with Gasteiger partial charge in [0.1, 0.15) is 57.2 Å². The first-order valence-corrected chi connectivity index (χ1v) is 47.4. The summed E-state index contributed by atoms with van der Waals surface area (Å²) in [5.74, 6) is 3.08. The molecule has 30 nitrogen and oxygen atoms in total. The highest BCUT2D eigenvalue weighted by Gasteiger charge is 2.29. The zero-order chi connectivity index (χ0) is 99.2. The van der Waals surface area contributed by atoms with E-state index >= 15 is 0 Å².